The molecule has 6 nitrogen and oxygen atoms in total. The monoisotopic (exact) mass is 321 g/mol. The van der Waals surface area contributed by atoms with Crippen LogP contribution >= 0.6 is 0 Å². The molecule has 1 unspecified atom stereocenters. The van der Waals surface area contributed by atoms with Crippen LogP contribution in [0, 0.1) is 5.82 Å². The van der Waals surface area contributed by atoms with Crippen LogP contribution in [0.25, 0.3) is 0 Å². The van der Waals surface area contributed by atoms with Crippen molar-refractivity contribution < 1.29 is 19.0 Å². The number of aromatic amines is 1. The van der Waals surface area contributed by atoms with Crippen LogP contribution in [0.4, 0.5) is 4.39 Å². The second-order valence-corrected chi connectivity index (χ2v) is 5.81. The summed E-state index contributed by atoms with van der Waals surface area (Å²) in [5.41, 5.74) is -0.140. The Kier molecular flexibility index (Phi) is 4.90. The van der Waals surface area contributed by atoms with Gasteiger partial charge < -0.3 is 14.6 Å². The van der Waals surface area contributed by atoms with Gasteiger partial charge in [-0.05, 0) is 30.3 Å². The van der Waals surface area contributed by atoms with Crippen LogP contribution in [0.1, 0.15) is 5.69 Å². The first-order valence-corrected chi connectivity index (χ1v) is 7.52. The number of ether oxygens (including phenoxy) is 2. The fourth-order valence-corrected chi connectivity index (χ4v) is 2.58. The largest absolute Gasteiger partial charge is 0.490 e. The van der Waals surface area contributed by atoms with Gasteiger partial charge in [0.15, 0.2) is 0 Å². The molecule has 23 heavy (non-hydrogen) atoms. The molecule has 0 saturated carbocycles. The summed E-state index contributed by atoms with van der Waals surface area (Å²) in [7, 11) is 0. The number of nitrogens with one attached hydrogen (secondary N) is 1. The van der Waals surface area contributed by atoms with E-state index in [9.17, 15) is 9.50 Å². The lowest BCUT2D eigenvalue weighted by Crippen LogP contribution is -2.48. The van der Waals surface area contributed by atoms with E-state index in [-0.39, 0.29) is 19.0 Å². The lowest BCUT2D eigenvalue weighted by molar-refractivity contribution is -0.0647. The molecular weight excluding hydrogens is 301 g/mol. The highest BCUT2D eigenvalue weighted by atomic mass is 19.1. The number of benzene rings is 1. The summed E-state index contributed by atoms with van der Waals surface area (Å²) in [6, 6.07) is 7.64. The van der Waals surface area contributed by atoms with Crippen LogP contribution in [0.15, 0.2) is 36.5 Å². The average molecular weight is 321 g/mol. The third kappa shape index (κ3) is 4.51. The Hall–Kier alpha value is -1.96. The first-order valence-electron chi connectivity index (χ1n) is 7.52. The van der Waals surface area contributed by atoms with Crippen molar-refractivity contribution in [3.63, 3.8) is 0 Å². The van der Waals surface area contributed by atoms with Crippen LogP contribution in [-0.4, -0.2) is 58.7 Å². The van der Waals surface area contributed by atoms with E-state index >= 15 is 0 Å². The fraction of sp³-hybridized carbons (Fsp3) is 0.438. The maximum absolute atomic E-state index is 12.9. The minimum absolute atomic E-state index is 0.0815. The molecule has 7 heteroatoms. The number of H-pyrrole nitrogens is 1. The van der Waals surface area contributed by atoms with Gasteiger partial charge in [0.05, 0.1) is 13.2 Å². The van der Waals surface area contributed by atoms with Crippen molar-refractivity contribution in [1.82, 2.24) is 15.1 Å². The second kappa shape index (κ2) is 7.08. The first kappa shape index (κ1) is 15.9. The molecule has 1 aliphatic rings. The van der Waals surface area contributed by atoms with E-state index in [1.807, 2.05) is 6.07 Å². The Balaban J connectivity index is 1.60. The van der Waals surface area contributed by atoms with Crippen LogP contribution in [0.2, 0.25) is 0 Å². The lowest BCUT2D eigenvalue weighted by Gasteiger charge is -2.30. The van der Waals surface area contributed by atoms with Gasteiger partial charge in [0, 0.05) is 31.5 Å². The van der Waals surface area contributed by atoms with Gasteiger partial charge in [0.2, 0.25) is 0 Å². The molecule has 1 fully saturated rings. The molecule has 0 radical (unpaired) electrons. The second-order valence-electron chi connectivity index (χ2n) is 5.81. The predicted molar refractivity (Wildman–Crippen MR) is 81.5 cm³/mol. The highest BCUT2D eigenvalue weighted by Crippen LogP contribution is 2.18. The lowest BCUT2D eigenvalue weighted by atomic mass is 10.1. The van der Waals surface area contributed by atoms with Gasteiger partial charge >= 0.3 is 0 Å². The van der Waals surface area contributed by atoms with Gasteiger partial charge in [-0.1, -0.05) is 0 Å². The topological polar surface area (TPSA) is 70.6 Å². The Morgan fingerprint density at radius 2 is 2.17 bits per heavy atom. The quantitative estimate of drug-likeness (QED) is 0.866. The van der Waals surface area contributed by atoms with E-state index in [1.165, 1.54) is 12.1 Å². The van der Waals surface area contributed by atoms with E-state index in [1.54, 1.807) is 18.3 Å². The number of β-amino-alcohol motifs (C(OH)–C–C–N with tert-alkyl or cyclic N) is 1. The molecule has 0 bridgehead atoms. The van der Waals surface area contributed by atoms with Crippen molar-refractivity contribution in [1.29, 1.82) is 0 Å². The zero-order valence-corrected chi connectivity index (χ0v) is 12.7. The summed E-state index contributed by atoms with van der Waals surface area (Å²) < 4.78 is 24.0. The molecule has 1 aromatic carbocycles. The molecule has 2 N–H and O–H groups in total. The van der Waals surface area contributed by atoms with Crippen molar-refractivity contribution >= 4 is 0 Å². The Labute approximate surface area is 133 Å². The van der Waals surface area contributed by atoms with Gasteiger partial charge in [-0.3, -0.25) is 10.00 Å². The number of nitrogens with zero attached hydrogens (tertiary/aromatic N) is 2. The summed E-state index contributed by atoms with van der Waals surface area (Å²) in [6.07, 6.45) is 1.70. The zero-order chi connectivity index (χ0) is 16.1. The molecule has 1 aromatic heterocycles. The van der Waals surface area contributed by atoms with Crippen molar-refractivity contribution in [3.8, 4) is 5.75 Å². The molecule has 2 aromatic rings. The van der Waals surface area contributed by atoms with E-state index in [0.29, 0.717) is 25.4 Å². The smallest absolute Gasteiger partial charge is 0.134 e. The number of halogens is 1. The molecule has 124 valence electrons. The summed E-state index contributed by atoms with van der Waals surface area (Å²) in [4.78, 5) is 2.09. The summed E-state index contributed by atoms with van der Waals surface area (Å²) >= 11 is 0. The van der Waals surface area contributed by atoms with Gasteiger partial charge in [0.1, 0.15) is 23.8 Å². The van der Waals surface area contributed by atoms with Crippen molar-refractivity contribution in [2.75, 3.05) is 32.9 Å². The maximum atomic E-state index is 12.9. The molecule has 0 spiro atoms. The molecule has 3 rings (SSSR count). The number of aromatic nitrogens is 2. The summed E-state index contributed by atoms with van der Waals surface area (Å²) in [5, 5.41) is 17.6. The van der Waals surface area contributed by atoms with E-state index < -0.39 is 5.60 Å². The first-order chi connectivity index (χ1) is 11.1. The number of aliphatic hydroxyl groups is 1. The van der Waals surface area contributed by atoms with Gasteiger partial charge in [0.25, 0.3) is 0 Å². The molecular formula is C16H20FN3O3. The van der Waals surface area contributed by atoms with Crippen LogP contribution in [0.5, 0.6) is 5.75 Å². The molecule has 1 atom stereocenters. The third-order valence-electron chi connectivity index (χ3n) is 3.71. The fourth-order valence-electron chi connectivity index (χ4n) is 2.58. The molecule has 1 saturated heterocycles. The highest BCUT2D eigenvalue weighted by Gasteiger charge is 2.33. The Bertz CT molecular complexity index is 606. The van der Waals surface area contributed by atoms with E-state index in [4.69, 9.17) is 9.47 Å². The zero-order valence-electron chi connectivity index (χ0n) is 12.7. The number of hydrogen-bond donors (Lipinski definition) is 2. The molecule has 0 amide bonds. The van der Waals surface area contributed by atoms with E-state index in [0.717, 1.165) is 12.2 Å². The minimum atomic E-state index is -1.12. The highest BCUT2D eigenvalue weighted by molar-refractivity contribution is 5.22. The van der Waals surface area contributed by atoms with Crippen LogP contribution < -0.4 is 4.74 Å². The standard InChI is InChI=1S/C16H20FN3O3/c17-13-1-3-15(4-2-13)23-12-16(21)10-20(7-8-22-11-16)9-14-5-6-18-19-14/h1-6,21H,7-12H2,(H,18,19). The molecule has 0 aliphatic carbocycles. The van der Waals surface area contributed by atoms with Crippen molar-refractivity contribution in [3.05, 3.63) is 48.0 Å². The number of rotatable bonds is 5. The van der Waals surface area contributed by atoms with Crippen LogP contribution in [-0.2, 0) is 11.3 Å². The molecule has 1 aliphatic heterocycles. The van der Waals surface area contributed by atoms with Crippen molar-refractivity contribution in [2.45, 2.75) is 12.1 Å². The molecule has 2 heterocycles. The predicted octanol–water partition coefficient (Wildman–Crippen LogP) is 1.19. The SMILES string of the molecule is OC1(COc2ccc(F)cc2)COCCN(Cc2ccn[nH]2)C1. The van der Waals surface area contributed by atoms with Gasteiger partial charge in [-0.25, -0.2) is 4.39 Å². The Morgan fingerprint density at radius 3 is 2.91 bits per heavy atom. The van der Waals surface area contributed by atoms with Crippen molar-refractivity contribution in [2.24, 2.45) is 0 Å². The maximum Gasteiger partial charge on any atom is 0.134 e. The average Bonchev–Trinajstić information content (AvgIpc) is 2.97. The number of hydrogen-bond acceptors (Lipinski definition) is 5. The minimum Gasteiger partial charge on any atom is -0.490 e. The van der Waals surface area contributed by atoms with E-state index in [2.05, 4.69) is 15.1 Å². The normalized spacial score (nSPS) is 22.7. The summed E-state index contributed by atoms with van der Waals surface area (Å²) in [5.74, 6) is 0.198. The Morgan fingerprint density at radius 1 is 1.35 bits per heavy atom. The van der Waals surface area contributed by atoms with Gasteiger partial charge in [-0.2, -0.15) is 5.10 Å². The van der Waals surface area contributed by atoms with Crippen LogP contribution in [0.3, 0.4) is 0 Å². The summed E-state index contributed by atoms with van der Waals surface area (Å²) in [6.45, 7) is 2.63. The third-order valence-corrected chi connectivity index (χ3v) is 3.71. The van der Waals surface area contributed by atoms with Gasteiger partial charge in [-0.15, -0.1) is 0 Å².